The van der Waals surface area contributed by atoms with Crippen LogP contribution in [0.5, 0.6) is 17.2 Å². The van der Waals surface area contributed by atoms with Gasteiger partial charge in [-0.2, -0.15) is 0 Å². The van der Waals surface area contributed by atoms with Crippen LogP contribution in [0, 0.1) is 5.82 Å². The van der Waals surface area contributed by atoms with Crippen molar-refractivity contribution in [2.24, 2.45) is 0 Å². The number of anilines is 1. The molecular weight excluding hydrogens is 221 g/mol. The molecule has 4 heteroatoms. The molecule has 0 amide bonds. The average Bonchev–Trinajstić information content (AvgIpc) is 2.34. The van der Waals surface area contributed by atoms with E-state index in [4.69, 9.17) is 15.2 Å². The van der Waals surface area contributed by atoms with Crippen LogP contribution < -0.4 is 15.2 Å². The molecule has 0 aliphatic heterocycles. The number of ether oxygens (including phenoxy) is 2. The fourth-order valence-corrected chi connectivity index (χ4v) is 1.41. The molecule has 0 aliphatic carbocycles. The third-order valence-electron chi connectivity index (χ3n) is 2.26. The molecule has 0 saturated carbocycles. The van der Waals surface area contributed by atoms with E-state index in [2.05, 4.69) is 0 Å². The molecule has 0 heterocycles. The van der Waals surface area contributed by atoms with Crippen LogP contribution in [-0.2, 0) is 0 Å². The first-order valence-electron chi connectivity index (χ1n) is 5.06. The number of rotatable bonds is 3. The Morgan fingerprint density at radius 1 is 1.06 bits per heavy atom. The molecule has 0 aliphatic rings. The maximum absolute atomic E-state index is 13.3. The smallest absolute Gasteiger partial charge is 0.167 e. The van der Waals surface area contributed by atoms with Gasteiger partial charge in [-0.15, -0.1) is 0 Å². The lowest BCUT2D eigenvalue weighted by Crippen LogP contribution is -1.96. The Bertz CT molecular complexity index is 514. The maximum Gasteiger partial charge on any atom is 0.167 e. The molecular formula is C13H12FNO2. The monoisotopic (exact) mass is 233 g/mol. The van der Waals surface area contributed by atoms with E-state index in [9.17, 15) is 4.39 Å². The lowest BCUT2D eigenvalue weighted by molar-refractivity contribution is 0.382. The van der Waals surface area contributed by atoms with Crippen molar-refractivity contribution in [2.45, 2.75) is 0 Å². The van der Waals surface area contributed by atoms with Crippen molar-refractivity contribution in [3.63, 3.8) is 0 Å². The van der Waals surface area contributed by atoms with Gasteiger partial charge in [-0.05, 0) is 12.1 Å². The second-order valence-electron chi connectivity index (χ2n) is 3.44. The van der Waals surface area contributed by atoms with E-state index in [-0.39, 0.29) is 11.4 Å². The summed E-state index contributed by atoms with van der Waals surface area (Å²) in [4.78, 5) is 0. The number of para-hydroxylation sites is 1. The molecule has 0 atom stereocenters. The van der Waals surface area contributed by atoms with Crippen molar-refractivity contribution in [3.05, 3.63) is 48.3 Å². The van der Waals surface area contributed by atoms with Crippen LogP contribution in [0.2, 0.25) is 0 Å². The summed E-state index contributed by atoms with van der Waals surface area (Å²) in [5.74, 6) is 0.595. The lowest BCUT2D eigenvalue weighted by Gasteiger charge is -2.10. The van der Waals surface area contributed by atoms with Gasteiger partial charge >= 0.3 is 0 Å². The number of benzene rings is 2. The van der Waals surface area contributed by atoms with Gasteiger partial charge in [-0.3, -0.25) is 0 Å². The Morgan fingerprint density at radius 3 is 2.41 bits per heavy atom. The molecule has 0 spiro atoms. The summed E-state index contributed by atoms with van der Waals surface area (Å²) in [6.07, 6.45) is 0. The third kappa shape index (κ3) is 2.47. The highest BCUT2D eigenvalue weighted by molar-refractivity contribution is 5.57. The van der Waals surface area contributed by atoms with Gasteiger partial charge in [0.1, 0.15) is 5.75 Å². The van der Waals surface area contributed by atoms with Crippen molar-refractivity contribution in [3.8, 4) is 17.2 Å². The second kappa shape index (κ2) is 4.74. The first-order chi connectivity index (χ1) is 8.20. The number of halogens is 1. The van der Waals surface area contributed by atoms with Crippen LogP contribution in [0.15, 0.2) is 42.5 Å². The van der Waals surface area contributed by atoms with E-state index in [1.807, 2.05) is 18.2 Å². The summed E-state index contributed by atoms with van der Waals surface area (Å²) in [5, 5.41) is 0. The molecule has 88 valence electrons. The summed E-state index contributed by atoms with van der Waals surface area (Å²) in [5.41, 5.74) is 5.90. The van der Waals surface area contributed by atoms with Crippen LogP contribution >= 0.6 is 0 Å². The van der Waals surface area contributed by atoms with E-state index < -0.39 is 5.82 Å². The maximum atomic E-state index is 13.3. The molecule has 0 unspecified atom stereocenters. The van der Waals surface area contributed by atoms with Gasteiger partial charge in [0.15, 0.2) is 17.3 Å². The van der Waals surface area contributed by atoms with Gasteiger partial charge in [-0.25, -0.2) is 4.39 Å². The van der Waals surface area contributed by atoms with Gasteiger partial charge in [-0.1, -0.05) is 18.2 Å². The number of nitrogens with two attached hydrogens (primary N) is 1. The van der Waals surface area contributed by atoms with Crippen molar-refractivity contribution in [2.75, 3.05) is 12.8 Å². The summed E-state index contributed by atoms with van der Waals surface area (Å²) in [6, 6.07) is 11.7. The fourth-order valence-electron chi connectivity index (χ4n) is 1.41. The minimum absolute atomic E-state index is 0.102. The van der Waals surface area contributed by atoms with Crippen LogP contribution in [0.3, 0.4) is 0 Å². The zero-order valence-corrected chi connectivity index (χ0v) is 9.31. The Morgan fingerprint density at radius 2 is 1.76 bits per heavy atom. The average molecular weight is 233 g/mol. The summed E-state index contributed by atoms with van der Waals surface area (Å²) < 4.78 is 23.7. The highest BCUT2D eigenvalue weighted by atomic mass is 19.1. The molecule has 0 aromatic heterocycles. The van der Waals surface area contributed by atoms with Crippen molar-refractivity contribution >= 4 is 5.69 Å². The highest BCUT2D eigenvalue weighted by Crippen LogP contribution is 2.33. The standard InChI is InChI=1S/C13H12FNO2/c1-16-12-8-13(11(15)7-10(12)14)17-9-5-3-2-4-6-9/h2-8H,15H2,1H3. The molecule has 2 N–H and O–H groups in total. The van der Waals surface area contributed by atoms with E-state index in [1.165, 1.54) is 19.2 Å². The van der Waals surface area contributed by atoms with Crippen LogP contribution in [0.25, 0.3) is 0 Å². The van der Waals surface area contributed by atoms with Gasteiger partial charge < -0.3 is 15.2 Å². The van der Waals surface area contributed by atoms with Crippen molar-refractivity contribution in [1.82, 2.24) is 0 Å². The summed E-state index contributed by atoms with van der Waals surface area (Å²) in [6.45, 7) is 0. The number of hydrogen-bond donors (Lipinski definition) is 1. The largest absolute Gasteiger partial charge is 0.494 e. The van der Waals surface area contributed by atoms with Crippen LogP contribution in [0.1, 0.15) is 0 Å². The summed E-state index contributed by atoms with van der Waals surface area (Å²) >= 11 is 0. The molecule has 0 saturated heterocycles. The summed E-state index contributed by atoms with van der Waals surface area (Å²) in [7, 11) is 1.39. The Hall–Kier alpha value is -2.23. The quantitative estimate of drug-likeness (QED) is 0.828. The first kappa shape index (κ1) is 11.3. The lowest BCUT2D eigenvalue weighted by atomic mass is 10.2. The highest BCUT2D eigenvalue weighted by Gasteiger charge is 2.09. The predicted octanol–water partition coefficient (Wildman–Crippen LogP) is 3.21. The molecule has 0 fully saturated rings. The minimum Gasteiger partial charge on any atom is -0.494 e. The fraction of sp³-hybridized carbons (Fsp3) is 0.0769. The SMILES string of the molecule is COc1cc(Oc2ccccc2)c(N)cc1F. The Labute approximate surface area is 98.6 Å². The second-order valence-corrected chi connectivity index (χ2v) is 3.44. The van der Waals surface area contributed by atoms with Gasteiger partial charge in [0.25, 0.3) is 0 Å². The van der Waals surface area contributed by atoms with E-state index >= 15 is 0 Å². The van der Waals surface area contributed by atoms with Gasteiger partial charge in [0, 0.05) is 12.1 Å². The topological polar surface area (TPSA) is 44.5 Å². The van der Waals surface area contributed by atoms with Crippen molar-refractivity contribution in [1.29, 1.82) is 0 Å². The minimum atomic E-state index is -0.509. The molecule has 2 rings (SSSR count). The predicted molar refractivity (Wildman–Crippen MR) is 63.9 cm³/mol. The van der Waals surface area contributed by atoms with E-state index in [1.54, 1.807) is 12.1 Å². The molecule has 2 aromatic carbocycles. The first-order valence-corrected chi connectivity index (χ1v) is 5.06. The molecule has 0 bridgehead atoms. The van der Waals surface area contributed by atoms with Gasteiger partial charge in [0.2, 0.25) is 0 Å². The molecule has 0 radical (unpaired) electrons. The molecule has 2 aromatic rings. The van der Waals surface area contributed by atoms with Crippen LogP contribution in [-0.4, -0.2) is 7.11 Å². The Balaban J connectivity index is 2.33. The van der Waals surface area contributed by atoms with Gasteiger partial charge in [0.05, 0.1) is 12.8 Å². The number of hydrogen-bond acceptors (Lipinski definition) is 3. The zero-order valence-electron chi connectivity index (χ0n) is 9.31. The number of nitrogen functional groups attached to an aromatic ring is 1. The normalized spacial score (nSPS) is 10.0. The Kier molecular flexibility index (Phi) is 3.14. The van der Waals surface area contributed by atoms with Crippen molar-refractivity contribution < 1.29 is 13.9 Å². The number of methoxy groups -OCH3 is 1. The van der Waals surface area contributed by atoms with E-state index in [0.29, 0.717) is 11.5 Å². The third-order valence-corrected chi connectivity index (χ3v) is 2.26. The molecule has 17 heavy (non-hydrogen) atoms. The zero-order chi connectivity index (χ0) is 12.3. The molecule has 3 nitrogen and oxygen atoms in total. The van der Waals surface area contributed by atoms with Crippen LogP contribution in [0.4, 0.5) is 10.1 Å². The van der Waals surface area contributed by atoms with E-state index in [0.717, 1.165) is 0 Å².